The van der Waals surface area contributed by atoms with Crippen molar-refractivity contribution in [3.8, 4) is 16.9 Å². The number of amides is 1. The summed E-state index contributed by atoms with van der Waals surface area (Å²) in [5, 5.41) is 9.64. The van der Waals surface area contributed by atoms with Crippen LogP contribution in [0.25, 0.3) is 11.1 Å². The summed E-state index contributed by atoms with van der Waals surface area (Å²) in [6.45, 7) is 6.78. The van der Waals surface area contributed by atoms with Crippen molar-refractivity contribution in [1.29, 1.82) is 0 Å². The van der Waals surface area contributed by atoms with Crippen molar-refractivity contribution >= 4 is 11.8 Å². The van der Waals surface area contributed by atoms with Gasteiger partial charge >= 0.3 is 6.09 Å². The fraction of sp³-hybridized carbons (Fsp3) is 0.333. The minimum absolute atomic E-state index is 0.202. The average Bonchev–Trinajstić information content (AvgIpc) is 3.35. The van der Waals surface area contributed by atoms with Gasteiger partial charge in [0.05, 0.1) is 25.1 Å². The van der Waals surface area contributed by atoms with E-state index in [1.807, 2.05) is 55.6 Å². The third-order valence-electron chi connectivity index (χ3n) is 5.27. The summed E-state index contributed by atoms with van der Waals surface area (Å²) in [6, 6.07) is 13.5. The second-order valence-corrected chi connectivity index (χ2v) is 7.69. The van der Waals surface area contributed by atoms with Crippen molar-refractivity contribution < 1.29 is 19.0 Å². The van der Waals surface area contributed by atoms with Crippen LogP contribution in [-0.2, 0) is 16.1 Å². The molecular formula is C24H28N4O4. The molecule has 0 bridgehead atoms. The van der Waals surface area contributed by atoms with Gasteiger partial charge < -0.3 is 14.2 Å². The summed E-state index contributed by atoms with van der Waals surface area (Å²) < 4.78 is 16.9. The van der Waals surface area contributed by atoms with E-state index in [2.05, 4.69) is 20.4 Å². The van der Waals surface area contributed by atoms with Crippen LogP contribution in [0.1, 0.15) is 11.1 Å². The standard InChI is InChI=1S/C24H28N4O4/c1-18-3-2-4-19(13-18)17-32-24(29)27-22-6-5-20(21-15-25-26-16-21)14-23(22)31-12-9-28-7-10-30-11-8-28/h2-6,13-16H,7-12,17H2,1H3,(H,25,26)(H,27,29). The Kier molecular flexibility index (Phi) is 7.37. The Morgan fingerprint density at radius 1 is 1.19 bits per heavy atom. The first-order chi connectivity index (χ1) is 15.7. The lowest BCUT2D eigenvalue weighted by molar-refractivity contribution is 0.0323. The van der Waals surface area contributed by atoms with Crippen LogP contribution in [0.2, 0.25) is 0 Å². The average molecular weight is 437 g/mol. The number of H-pyrrole nitrogens is 1. The lowest BCUT2D eigenvalue weighted by Gasteiger charge is -2.26. The maximum absolute atomic E-state index is 12.4. The SMILES string of the molecule is Cc1cccc(COC(=O)Nc2ccc(-c3cn[nH]c3)cc2OCCN2CCOCC2)c1. The van der Waals surface area contributed by atoms with E-state index in [0.717, 1.165) is 55.1 Å². The Balaban J connectivity index is 1.41. The van der Waals surface area contributed by atoms with E-state index < -0.39 is 6.09 Å². The fourth-order valence-corrected chi connectivity index (χ4v) is 3.54. The van der Waals surface area contributed by atoms with Gasteiger partial charge in [0.1, 0.15) is 19.0 Å². The van der Waals surface area contributed by atoms with Crippen LogP contribution in [-0.4, -0.2) is 60.6 Å². The zero-order valence-corrected chi connectivity index (χ0v) is 18.2. The highest BCUT2D eigenvalue weighted by Crippen LogP contribution is 2.31. The molecule has 32 heavy (non-hydrogen) atoms. The van der Waals surface area contributed by atoms with Crippen LogP contribution < -0.4 is 10.1 Å². The number of rotatable bonds is 8. The van der Waals surface area contributed by atoms with Crippen LogP contribution in [0, 0.1) is 6.92 Å². The van der Waals surface area contributed by atoms with E-state index in [1.54, 1.807) is 6.20 Å². The van der Waals surface area contributed by atoms with Gasteiger partial charge in [0.15, 0.2) is 0 Å². The van der Waals surface area contributed by atoms with Crippen LogP contribution in [0.4, 0.5) is 10.5 Å². The molecule has 0 saturated carbocycles. The second-order valence-electron chi connectivity index (χ2n) is 7.69. The van der Waals surface area contributed by atoms with Crippen molar-refractivity contribution in [3.05, 3.63) is 66.0 Å². The predicted octanol–water partition coefficient (Wildman–Crippen LogP) is 3.84. The minimum Gasteiger partial charge on any atom is -0.490 e. The van der Waals surface area contributed by atoms with Crippen molar-refractivity contribution in [1.82, 2.24) is 15.1 Å². The number of morpholine rings is 1. The summed E-state index contributed by atoms with van der Waals surface area (Å²) in [5.41, 5.74) is 4.51. The molecule has 0 spiro atoms. The molecule has 2 N–H and O–H groups in total. The molecule has 1 saturated heterocycles. The zero-order valence-electron chi connectivity index (χ0n) is 18.2. The number of hydrogen-bond acceptors (Lipinski definition) is 6. The zero-order chi connectivity index (χ0) is 22.2. The third-order valence-corrected chi connectivity index (χ3v) is 5.27. The monoisotopic (exact) mass is 436 g/mol. The first-order valence-corrected chi connectivity index (χ1v) is 10.7. The Hall–Kier alpha value is -3.36. The number of ether oxygens (including phenoxy) is 3. The molecule has 0 unspecified atom stereocenters. The summed E-state index contributed by atoms with van der Waals surface area (Å²) in [7, 11) is 0. The number of aromatic nitrogens is 2. The molecule has 1 fully saturated rings. The number of carbonyl (C=O) groups is 1. The number of hydrogen-bond donors (Lipinski definition) is 2. The summed E-state index contributed by atoms with van der Waals surface area (Å²) in [5.74, 6) is 0.587. The van der Waals surface area contributed by atoms with Gasteiger partial charge in [-0.2, -0.15) is 5.10 Å². The Labute approximate surface area is 187 Å². The van der Waals surface area contributed by atoms with Gasteiger partial charge in [-0.3, -0.25) is 15.3 Å². The Morgan fingerprint density at radius 3 is 2.84 bits per heavy atom. The van der Waals surface area contributed by atoms with Gasteiger partial charge in [-0.25, -0.2) is 4.79 Å². The summed E-state index contributed by atoms with van der Waals surface area (Å²) in [4.78, 5) is 14.7. The van der Waals surface area contributed by atoms with Crippen molar-refractivity contribution in [2.45, 2.75) is 13.5 Å². The third kappa shape index (κ3) is 6.09. The van der Waals surface area contributed by atoms with Gasteiger partial charge in [-0.1, -0.05) is 35.9 Å². The molecule has 0 aliphatic carbocycles. The Morgan fingerprint density at radius 2 is 2.06 bits per heavy atom. The minimum atomic E-state index is -0.527. The first-order valence-electron chi connectivity index (χ1n) is 10.7. The number of carbonyl (C=O) groups excluding carboxylic acids is 1. The van der Waals surface area contributed by atoms with E-state index in [4.69, 9.17) is 14.2 Å². The molecule has 8 heteroatoms. The highest BCUT2D eigenvalue weighted by atomic mass is 16.5. The normalized spacial score (nSPS) is 14.2. The van der Waals surface area contributed by atoms with Crippen LogP contribution in [0.5, 0.6) is 5.75 Å². The molecule has 2 aromatic carbocycles. The topological polar surface area (TPSA) is 88.7 Å². The van der Waals surface area contributed by atoms with Gasteiger partial charge in [-0.15, -0.1) is 0 Å². The fourth-order valence-electron chi connectivity index (χ4n) is 3.54. The van der Waals surface area contributed by atoms with E-state index in [0.29, 0.717) is 18.0 Å². The summed E-state index contributed by atoms with van der Waals surface area (Å²) >= 11 is 0. The van der Waals surface area contributed by atoms with Crippen LogP contribution in [0.3, 0.4) is 0 Å². The van der Waals surface area contributed by atoms with E-state index >= 15 is 0 Å². The van der Waals surface area contributed by atoms with Crippen LogP contribution >= 0.6 is 0 Å². The van der Waals surface area contributed by atoms with Gasteiger partial charge in [0, 0.05) is 31.4 Å². The smallest absolute Gasteiger partial charge is 0.412 e. The number of nitrogens with one attached hydrogen (secondary N) is 2. The lowest BCUT2D eigenvalue weighted by atomic mass is 10.1. The van der Waals surface area contributed by atoms with E-state index in [9.17, 15) is 4.79 Å². The van der Waals surface area contributed by atoms with Crippen molar-refractivity contribution in [3.63, 3.8) is 0 Å². The largest absolute Gasteiger partial charge is 0.490 e. The van der Waals surface area contributed by atoms with Gasteiger partial charge in [-0.05, 0) is 30.2 Å². The predicted molar refractivity (Wildman–Crippen MR) is 122 cm³/mol. The number of anilines is 1. The molecule has 1 aliphatic rings. The second kappa shape index (κ2) is 10.8. The molecule has 1 aromatic heterocycles. The molecule has 1 amide bonds. The molecule has 168 valence electrons. The van der Waals surface area contributed by atoms with Crippen molar-refractivity contribution in [2.24, 2.45) is 0 Å². The Bertz CT molecular complexity index is 1020. The highest BCUT2D eigenvalue weighted by Gasteiger charge is 2.14. The van der Waals surface area contributed by atoms with E-state index in [-0.39, 0.29) is 6.61 Å². The molecule has 1 aliphatic heterocycles. The van der Waals surface area contributed by atoms with Gasteiger partial charge in [0.2, 0.25) is 0 Å². The quantitative estimate of drug-likeness (QED) is 0.558. The molecule has 0 atom stereocenters. The number of aromatic amines is 1. The number of aryl methyl sites for hydroxylation is 1. The molecular weight excluding hydrogens is 408 g/mol. The first kappa shape index (κ1) is 21.9. The molecule has 8 nitrogen and oxygen atoms in total. The van der Waals surface area contributed by atoms with Crippen LogP contribution in [0.15, 0.2) is 54.9 Å². The summed E-state index contributed by atoms with van der Waals surface area (Å²) in [6.07, 6.45) is 3.03. The lowest BCUT2D eigenvalue weighted by Crippen LogP contribution is -2.38. The maximum atomic E-state index is 12.4. The number of nitrogens with zero attached hydrogens (tertiary/aromatic N) is 2. The van der Waals surface area contributed by atoms with Crippen molar-refractivity contribution in [2.75, 3.05) is 44.8 Å². The molecule has 3 aromatic rings. The highest BCUT2D eigenvalue weighted by molar-refractivity contribution is 5.87. The van der Waals surface area contributed by atoms with Gasteiger partial charge in [0.25, 0.3) is 0 Å². The molecule has 2 heterocycles. The molecule has 0 radical (unpaired) electrons. The molecule has 4 rings (SSSR count). The van der Waals surface area contributed by atoms with E-state index in [1.165, 1.54) is 0 Å². The number of benzene rings is 2. The maximum Gasteiger partial charge on any atom is 0.412 e.